The van der Waals surface area contributed by atoms with Gasteiger partial charge in [0.05, 0.1) is 26.8 Å². The maximum Gasteiger partial charge on any atom is 0.241 e. The van der Waals surface area contributed by atoms with E-state index in [9.17, 15) is 8.42 Å². The highest BCUT2D eigenvalue weighted by atomic mass is 79.9. The Morgan fingerprint density at radius 2 is 2.00 bits per heavy atom. The number of sulfonamides is 1. The second-order valence-corrected chi connectivity index (χ2v) is 9.01. The number of rotatable bonds is 4. The maximum atomic E-state index is 12.1. The summed E-state index contributed by atoms with van der Waals surface area (Å²) in [5.41, 5.74) is 3.08. The fourth-order valence-electron chi connectivity index (χ4n) is 3.13. The monoisotopic (exact) mass is 471 g/mol. The lowest BCUT2D eigenvalue weighted by atomic mass is 10.2. The molecule has 0 fully saturated rings. The van der Waals surface area contributed by atoms with Crippen LogP contribution in [0.5, 0.6) is 0 Å². The van der Waals surface area contributed by atoms with Crippen LogP contribution < -0.4 is 15.4 Å². The zero-order valence-corrected chi connectivity index (χ0v) is 17.2. The van der Waals surface area contributed by atoms with E-state index in [0.29, 0.717) is 28.5 Å². The summed E-state index contributed by atoms with van der Waals surface area (Å²) in [4.78, 5) is 9.04. The molecular formula is C18H14BrN7O2S. The lowest BCUT2D eigenvalue weighted by Crippen LogP contribution is -2.13. The van der Waals surface area contributed by atoms with Crippen LogP contribution in [0.25, 0.3) is 10.9 Å². The summed E-state index contributed by atoms with van der Waals surface area (Å²) in [5.74, 6) is 0.894. The van der Waals surface area contributed by atoms with Gasteiger partial charge in [-0.25, -0.2) is 18.1 Å². The molecule has 9 nitrogen and oxygen atoms in total. The van der Waals surface area contributed by atoms with Gasteiger partial charge in [-0.1, -0.05) is 12.1 Å². The quantitative estimate of drug-likeness (QED) is 0.359. The minimum atomic E-state index is -3.45. The van der Waals surface area contributed by atoms with E-state index in [0.717, 1.165) is 22.2 Å². The summed E-state index contributed by atoms with van der Waals surface area (Å²) in [6.45, 7) is 0.306. The van der Waals surface area contributed by atoms with Crippen molar-refractivity contribution >= 4 is 60.0 Å². The Labute approximate surface area is 174 Å². The molecule has 0 saturated carbocycles. The van der Waals surface area contributed by atoms with Crippen molar-refractivity contribution in [1.82, 2.24) is 24.9 Å². The molecule has 2 aromatic heterocycles. The molecule has 1 aliphatic heterocycles. The number of aromatic nitrogens is 4. The molecule has 0 spiro atoms. The molecule has 4 aromatic rings. The molecule has 29 heavy (non-hydrogen) atoms. The van der Waals surface area contributed by atoms with Gasteiger partial charge in [0.25, 0.3) is 0 Å². The first-order chi connectivity index (χ1) is 14.0. The van der Waals surface area contributed by atoms with E-state index in [-0.39, 0.29) is 4.90 Å². The smallest absolute Gasteiger partial charge is 0.241 e. The molecule has 0 saturated heterocycles. The molecule has 0 amide bonds. The average Bonchev–Trinajstić information content (AvgIpc) is 3.30. The van der Waals surface area contributed by atoms with E-state index in [1.165, 1.54) is 0 Å². The van der Waals surface area contributed by atoms with Gasteiger partial charge in [-0.15, -0.1) is 0 Å². The minimum absolute atomic E-state index is 0.268. The van der Waals surface area contributed by atoms with Gasteiger partial charge in [0.2, 0.25) is 16.0 Å². The van der Waals surface area contributed by atoms with Crippen LogP contribution in [0.4, 0.5) is 23.1 Å². The third kappa shape index (κ3) is 3.33. The largest absolute Gasteiger partial charge is 0.339 e. The van der Waals surface area contributed by atoms with Crippen molar-refractivity contribution in [2.24, 2.45) is 0 Å². The van der Waals surface area contributed by atoms with Crippen molar-refractivity contribution in [3.05, 3.63) is 58.8 Å². The van der Waals surface area contributed by atoms with Gasteiger partial charge in [-0.3, -0.25) is 5.10 Å². The molecule has 1 aliphatic rings. The number of benzene rings is 2. The predicted octanol–water partition coefficient (Wildman–Crippen LogP) is 3.39. The summed E-state index contributed by atoms with van der Waals surface area (Å²) in [5, 5.41) is 14.3. The van der Waals surface area contributed by atoms with E-state index >= 15 is 0 Å². The average molecular weight is 472 g/mol. The van der Waals surface area contributed by atoms with Crippen molar-refractivity contribution in [1.29, 1.82) is 0 Å². The number of hydrogen-bond acceptors (Lipinski definition) is 7. The Bertz CT molecular complexity index is 1350. The SMILES string of the molecule is O=S1(=O)NCc2ccc(Nc3ncc(Br)c(Nc4cccc5[nH]ncc45)n3)cc21. The zero-order chi connectivity index (χ0) is 20.0. The molecule has 0 unspecified atom stereocenters. The van der Waals surface area contributed by atoms with Gasteiger partial charge in [0, 0.05) is 23.8 Å². The first-order valence-electron chi connectivity index (χ1n) is 8.61. The van der Waals surface area contributed by atoms with E-state index < -0.39 is 10.0 Å². The molecule has 0 radical (unpaired) electrons. The second kappa shape index (κ2) is 6.79. The van der Waals surface area contributed by atoms with E-state index in [4.69, 9.17) is 0 Å². The zero-order valence-electron chi connectivity index (χ0n) is 14.8. The normalized spacial score (nSPS) is 14.7. The van der Waals surface area contributed by atoms with Crippen LogP contribution in [-0.4, -0.2) is 28.6 Å². The summed E-state index contributed by atoms with van der Waals surface area (Å²) in [6, 6.07) is 10.9. The van der Waals surface area contributed by atoms with Crippen molar-refractivity contribution < 1.29 is 8.42 Å². The maximum absolute atomic E-state index is 12.1. The number of aromatic amines is 1. The molecule has 5 rings (SSSR count). The number of anilines is 4. The predicted molar refractivity (Wildman–Crippen MR) is 113 cm³/mol. The Morgan fingerprint density at radius 3 is 2.90 bits per heavy atom. The first kappa shape index (κ1) is 18.0. The fourth-order valence-corrected chi connectivity index (χ4v) is 4.69. The van der Waals surface area contributed by atoms with Crippen molar-refractivity contribution in [2.75, 3.05) is 10.6 Å². The Hall–Kier alpha value is -3.02. The molecule has 11 heteroatoms. The third-order valence-electron chi connectivity index (χ3n) is 4.55. The lowest BCUT2D eigenvalue weighted by molar-refractivity contribution is 0.589. The molecule has 4 N–H and O–H groups in total. The van der Waals surface area contributed by atoms with Crippen molar-refractivity contribution in [3.8, 4) is 0 Å². The minimum Gasteiger partial charge on any atom is -0.339 e. The Kier molecular flexibility index (Phi) is 4.23. The van der Waals surface area contributed by atoms with Crippen LogP contribution in [0, 0.1) is 0 Å². The van der Waals surface area contributed by atoms with E-state index in [1.807, 2.05) is 18.2 Å². The highest BCUT2D eigenvalue weighted by molar-refractivity contribution is 9.10. The highest BCUT2D eigenvalue weighted by Gasteiger charge is 2.25. The molecule has 3 heterocycles. The van der Waals surface area contributed by atoms with Crippen molar-refractivity contribution in [2.45, 2.75) is 11.4 Å². The van der Waals surface area contributed by atoms with Crippen LogP contribution in [0.1, 0.15) is 5.56 Å². The Morgan fingerprint density at radius 1 is 1.10 bits per heavy atom. The van der Waals surface area contributed by atoms with Gasteiger partial charge in [-0.05, 0) is 45.8 Å². The van der Waals surface area contributed by atoms with Crippen molar-refractivity contribution in [3.63, 3.8) is 0 Å². The van der Waals surface area contributed by atoms with Gasteiger partial charge < -0.3 is 10.6 Å². The Balaban J connectivity index is 1.45. The van der Waals surface area contributed by atoms with Crippen LogP contribution in [0.3, 0.4) is 0 Å². The number of nitrogens with one attached hydrogen (secondary N) is 4. The summed E-state index contributed by atoms with van der Waals surface area (Å²) in [6.07, 6.45) is 3.36. The number of H-pyrrole nitrogens is 1. The summed E-state index contributed by atoms with van der Waals surface area (Å²) < 4.78 is 27.3. The standard InChI is InChI=1S/C18H14BrN7O2S/c19-13-9-20-18(23-11-5-4-10-7-22-29(27,28)16(10)6-11)25-17(13)24-14-2-1-3-15-12(14)8-21-26-15/h1-6,8-9,22H,7H2,(H,21,26)(H2,20,23,24,25). The van der Waals surface area contributed by atoms with Gasteiger partial charge >= 0.3 is 0 Å². The molecule has 0 atom stereocenters. The third-order valence-corrected chi connectivity index (χ3v) is 6.61. The number of fused-ring (bicyclic) bond motifs is 2. The molecular weight excluding hydrogens is 458 g/mol. The molecule has 0 aliphatic carbocycles. The fraction of sp³-hybridized carbons (Fsp3) is 0.0556. The topological polar surface area (TPSA) is 125 Å². The number of hydrogen-bond donors (Lipinski definition) is 4. The van der Waals surface area contributed by atoms with Gasteiger partial charge in [-0.2, -0.15) is 10.1 Å². The lowest BCUT2D eigenvalue weighted by Gasteiger charge is -2.11. The van der Waals surface area contributed by atoms with Crippen LogP contribution in [0.2, 0.25) is 0 Å². The van der Waals surface area contributed by atoms with Crippen LogP contribution >= 0.6 is 15.9 Å². The number of nitrogens with zero attached hydrogens (tertiary/aromatic N) is 3. The molecule has 0 bridgehead atoms. The molecule has 2 aromatic carbocycles. The van der Waals surface area contributed by atoms with Gasteiger partial charge in [0.15, 0.2) is 0 Å². The van der Waals surface area contributed by atoms with Crippen LogP contribution in [-0.2, 0) is 16.6 Å². The summed E-state index contributed by atoms with van der Waals surface area (Å²) in [7, 11) is -3.45. The summed E-state index contributed by atoms with van der Waals surface area (Å²) >= 11 is 3.46. The molecule has 146 valence electrons. The van der Waals surface area contributed by atoms with Crippen LogP contribution in [0.15, 0.2) is 58.2 Å². The van der Waals surface area contributed by atoms with Gasteiger partial charge in [0.1, 0.15) is 5.82 Å². The van der Waals surface area contributed by atoms with E-state index in [2.05, 4.69) is 51.5 Å². The highest BCUT2D eigenvalue weighted by Crippen LogP contribution is 2.30. The first-order valence-corrected chi connectivity index (χ1v) is 10.9. The van der Waals surface area contributed by atoms with E-state index in [1.54, 1.807) is 30.6 Å². The number of halogens is 1. The second-order valence-electron chi connectivity index (χ2n) is 6.42.